The molecule has 0 bridgehead atoms. The Morgan fingerprint density at radius 3 is 2.52 bits per heavy atom. The van der Waals surface area contributed by atoms with E-state index in [0.717, 1.165) is 0 Å². The summed E-state index contributed by atoms with van der Waals surface area (Å²) in [4.78, 5) is -0.142. The average Bonchev–Trinajstić information content (AvgIpc) is 2.50. The summed E-state index contributed by atoms with van der Waals surface area (Å²) in [5, 5.41) is 8.38. The molecule has 23 heavy (non-hydrogen) atoms. The van der Waals surface area contributed by atoms with Gasteiger partial charge in [0.2, 0.25) is 10.0 Å². The van der Waals surface area contributed by atoms with E-state index in [0.29, 0.717) is 24.4 Å². The maximum absolute atomic E-state index is 11.9. The van der Waals surface area contributed by atoms with Gasteiger partial charge in [0, 0.05) is 13.1 Å². The molecule has 7 heteroatoms. The molecule has 0 saturated heterocycles. The van der Waals surface area contributed by atoms with Crippen molar-refractivity contribution in [2.24, 2.45) is 5.14 Å². The van der Waals surface area contributed by atoms with E-state index in [1.165, 1.54) is 6.07 Å². The molecule has 2 rings (SSSR count). The number of anilines is 1. The number of hydrogen-bond acceptors (Lipinski definition) is 5. The first kappa shape index (κ1) is 17.0. The van der Waals surface area contributed by atoms with Crippen molar-refractivity contribution in [1.82, 2.24) is 5.32 Å². The van der Waals surface area contributed by atoms with Gasteiger partial charge in [-0.2, -0.15) is 0 Å². The maximum Gasteiger partial charge on any atom is 0.241 e. The van der Waals surface area contributed by atoms with Crippen LogP contribution in [0.1, 0.15) is 5.56 Å². The van der Waals surface area contributed by atoms with E-state index in [2.05, 4.69) is 11.9 Å². The fourth-order valence-corrected chi connectivity index (χ4v) is 2.76. The summed E-state index contributed by atoms with van der Waals surface area (Å²) < 4.78 is 29.4. The third kappa shape index (κ3) is 4.56. The number of primary sulfonamides is 1. The highest BCUT2D eigenvalue weighted by molar-refractivity contribution is 7.89. The topological polar surface area (TPSA) is 107 Å². The minimum Gasteiger partial charge on any atom is -0.454 e. The third-order valence-electron chi connectivity index (χ3n) is 3.03. The van der Waals surface area contributed by atoms with Crippen molar-refractivity contribution in [3.63, 3.8) is 0 Å². The van der Waals surface area contributed by atoms with Gasteiger partial charge < -0.3 is 15.8 Å². The SMILES string of the molecule is C=CCNCc1cc(N)c(Oc2ccccc2)c(S(N)(=O)=O)c1. The predicted octanol–water partition coefficient (Wildman–Crippen LogP) is 1.98. The smallest absolute Gasteiger partial charge is 0.241 e. The number of hydrogen-bond donors (Lipinski definition) is 3. The van der Waals surface area contributed by atoms with Crippen molar-refractivity contribution in [2.75, 3.05) is 12.3 Å². The zero-order valence-corrected chi connectivity index (χ0v) is 13.3. The van der Waals surface area contributed by atoms with Gasteiger partial charge in [-0.15, -0.1) is 6.58 Å². The van der Waals surface area contributed by atoms with E-state index in [9.17, 15) is 8.42 Å². The molecule has 0 spiro atoms. The Bertz CT molecular complexity index is 790. The molecule has 2 aromatic carbocycles. The number of nitrogen functional groups attached to an aromatic ring is 1. The number of sulfonamides is 1. The molecule has 0 aromatic heterocycles. The molecule has 0 aliphatic heterocycles. The number of nitrogens with one attached hydrogen (secondary N) is 1. The molecule has 0 unspecified atom stereocenters. The van der Waals surface area contributed by atoms with Gasteiger partial charge in [0.05, 0.1) is 5.69 Å². The minimum absolute atomic E-state index is 0.0335. The predicted molar refractivity (Wildman–Crippen MR) is 90.6 cm³/mol. The Morgan fingerprint density at radius 2 is 1.91 bits per heavy atom. The van der Waals surface area contributed by atoms with Crippen LogP contribution in [0.4, 0.5) is 5.69 Å². The summed E-state index contributed by atoms with van der Waals surface area (Å²) in [6, 6.07) is 11.9. The molecule has 5 N–H and O–H groups in total. The summed E-state index contributed by atoms with van der Waals surface area (Å²) in [5.74, 6) is 0.507. The monoisotopic (exact) mass is 333 g/mol. The molecule has 0 amide bonds. The molecule has 0 fully saturated rings. The summed E-state index contributed by atoms with van der Waals surface area (Å²) in [6.07, 6.45) is 1.71. The van der Waals surface area contributed by atoms with Crippen LogP contribution in [0.25, 0.3) is 0 Å². The lowest BCUT2D eigenvalue weighted by atomic mass is 10.2. The van der Waals surface area contributed by atoms with Gasteiger partial charge in [-0.25, -0.2) is 13.6 Å². The Hall–Kier alpha value is -2.35. The second-order valence-electron chi connectivity index (χ2n) is 4.89. The summed E-state index contributed by atoms with van der Waals surface area (Å²) in [7, 11) is -3.98. The molecule has 0 aliphatic rings. The Kier molecular flexibility index (Phi) is 5.38. The number of rotatable bonds is 7. The minimum atomic E-state index is -3.98. The molecular formula is C16H19N3O3S. The normalized spacial score (nSPS) is 11.2. The zero-order valence-electron chi connectivity index (χ0n) is 12.5. The van der Waals surface area contributed by atoms with Crippen LogP contribution in [0.5, 0.6) is 11.5 Å². The molecule has 0 radical (unpaired) electrons. The third-order valence-corrected chi connectivity index (χ3v) is 3.95. The number of benzene rings is 2. The van der Waals surface area contributed by atoms with Gasteiger partial charge in [-0.05, 0) is 29.8 Å². The largest absolute Gasteiger partial charge is 0.454 e. The van der Waals surface area contributed by atoms with Gasteiger partial charge in [-0.3, -0.25) is 0 Å². The van der Waals surface area contributed by atoms with Crippen LogP contribution >= 0.6 is 0 Å². The van der Waals surface area contributed by atoms with Crippen molar-refractivity contribution in [2.45, 2.75) is 11.4 Å². The van der Waals surface area contributed by atoms with E-state index in [4.69, 9.17) is 15.6 Å². The molecule has 0 heterocycles. The first-order valence-corrected chi connectivity index (χ1v) is 8.46. The van der Waals surface area contributed by atoms with Crippen molar-refractivity contribution in [1.29, 1.82) is 0 Å². The quantitative estimate of drug-likeness (QED) is 0.408. The second-order valence-corrected chi connectivity index (χ2v) is 6.42. The van der Waals surface area contributed by atoms with E-state index in [-0.39, 0.29) is 16.3 Å². The Labute approximate surface area is 135 Å². The summed E-state index contributed by atoms with van der Waals surface area (Å²) >= 11 is 0. The van der Waals surface area contributed by atoms with Gasteiger partial charge in [0.25, 0.3) is 0 Å². The Morgan fingerprint density at radius 1 is 1.22 bits per heavy atom. The van der Waals surface area contributed by atoms with Crippen LogP contribution in [0, 0.1) is 0 Å². The highest BCUT2D eigenvalue weighted by Crippen LogP contribution is 2.35. The standard InChI is InChI=1S/C16H19N3O3S/c1-2-8-19-11-12-9-14(17)16(15(10-12)23(18,20)21)22-13-6-4-3-5-7-13/h2-7,9-10,19H,1,8,11,17H2,(H2,18,20,21). The molecule has 2 aromatic rings. The molecule has 0 saturated carbocycles. The van der Waals surface area contributed by atoms with Gasteiger partial charge in [0.1, 0.15) is 10.6 Å². The fraction of sp³-hybridized carbons (Fsp3) is 0.125. The molecular weight excluding hydrogens is 314 g/mol. The molecule has 6 nitrogen and oxygen atoms in total. The lowest BCUT2D eigenvalue weighted by Crippen LogP contribution is -2.17. The fourth-order valence-electron chi connectivity index (χ4n) is 2.03. The highest BCUT2D eigenvalue weighted by Gasteiger charge is 2.20. The van der Waals surface area contributed by atoms with Gasteiger partial charge in [-0.1, -0.05) is 24.3 Å². The van der Waals surface area contributed by atoms with Crippen molar-refractivity contribution in [3.8, 4) is 11.5 Å². The molecule has 0 aliphatic carbocycles. The Balaban J connectivity index is 2.42. The number of nitrogens with two attached hydrogens (primary N) is 2. The van der Waals surface area contributed by atoms with Crippen LogP contribution < -0.4 is 20.9 Å². The summed E-state index contributed by atoms with van der Waals surface area (Å²) in [5.41, 5.74) is 6.87. The van der Waals surface area contributed by atoms with E-state index < -0.39 is 10.0 Å². The zero-order chi connectivity index (χ0) is 16.9. The van der Waals surface area contributed by atoms with E-state index in [1.54, 1.807) is 36.4 Å². The van der Waals surface area contributed by atoms with E-state index in [1.807, 2.05) is 6.07 Å². The number of ether oxygens (including phenoxy) is 1. The highest BCUT2D eigenvalue weighted by atomic mass is 32.2. The first-order valence-electron chi connectivity index (χ1n) is 6.91. The van der Waals surface area contributed by atoms with Crippen LogP contribution in [-0.4, -0.2) is 15.0 Å². The van der Waals surface area contributed by atoms with Gasteiger partial charge >= 0.3 is 0 Å². The van der Waals surface area contributed by atoms with Crippen LogP contribution in [0.2, 0.25) is 0 Å². The lowest BCUT2D eigenvalue weighted by molar-refractivity contribution is 0.469. The van der Waals surface area contributed by atoms with Crippen LogP contribution in [-0.2, 0) is 16.6 Å². The maximum atomic E-state index is 11.9. The van der Waals surface area contributed by atoms with Crippen molar-refractivity contribution in [3.05, 3.63) is 60.7 Å². The first-order chi connectivity index (χ1) is 10.9. The van der Waals surface area contributed by atoms with E-state index >= 15 is 0 Å². The second kappa shape index (κ2) is 7.28. The van der Waals surface area contributed by atoms with Crippen LogP contribution in [0.15, 0.2) is 60.0 Å². The van der Waals surface area contributed by atoms with Crippen LogP contribution in [0.3, 0.4) is 0 Å². The summed E-state index contributed by atoms with van der Waals surface area (Å²) in [6.45, 7) is 4.63. The lowest BCUT2D eigenvalue weighted by Gasteiger charge is -2.14. The number of para-hydroxylation sites is 1. The van der Waals surface area contributed by atoms with Crippen molar-refractivity contribution < 1.29 is 13.2 Å². The molecule has 0 atom stereocenters. The average molecular weight is 333 g/mol. The molecule has 122 valence electrons. The van der Waals surface area contributed by atoms with Crippen molar-refractivity contribution >= 4 is 15.7 Å². The van der Waals surface area contributed by atoms with Gasteiger partial charge in [0.15, 0.2) is 5.75 Å².